The minimum atomic E-state index is -0.681. The highest BCUT2D eigenvalue weighted by Gasteiger charge is 2.40. The molecule has 0 bridgehead atoms. The summed E-state index contributed by atoms with van der Waals surface area (Å²) in [7, 11) is 0. The van der Waals surface area contributed by atoms with E-state index in [0.29, 0.717) is 5.92 Å². The summed E-state index contributed by atoms with van der Waals surface area (Å²) in [5.74, 6) is 0.0936. The first-order valence-corrected chi connectivity index (χ1v) is 7.54. The maximum absolute atomic E-state index is 11.6. The van der Waals surface area contributed by atoms with E-state index in [-0.39, 0.29) is 18.0 Å². The number of carboxylic acid groups (broad SMARTS) is 1. The number of likely N-dealkylation sites (tertiary alicyclic amines) is 1. The number of hydrogen-bond donors (Lipinski definition) is 1. The molecule has 2 rings (SSSR count). The van der Waals surface area contributed by atoms with Crippen LogP contribution in [0.25, 0.3) is 0 Å². The third-order valence-corrected chi connectivity index (χ3v) is 4.27. The van der Waals surface area contributed by atoms with Crippen LogP contribution in [0.4, 0.5) is 0 Å². The lowest BCUT2D eigenvalue weighted by Crippen LogP contribution is -2.41. The molecule has 110 valence electrons. The Hall–Kier alpha value is -1.35. The number of carbonyl (C=O) groups is 1. The number of hydrogen-bond acceptors (Lipinski definition) is 2. The third kappa shape index (κ3) is 3.21. The molecule has 1 aliphatic rings. The van der Waals surface area contributed by atoms with Crippen molar-refractivity contribution < 1.29 is 9.90 Å². The zero-order valence-electron chi connectivity index (χ0n) is 12.6. The first-order valence-electron chi connectivity index (χ1n) is 7.54. The third-order valence-electron chi connectivity index (χ3n) is 4.27. The normalized spacial score (nSPS) is 25.0. The lowest BCUT2D eigenvalue weighted by atomic mass is 9.94. The molecule has 0 aliphatic carbocycles. The summed E-state index contributed by atoms with van der Waals surface area (Å²) < 4.78 is 0. The first kappa shape index (κ1) is 15.0. The quantitative estimate of drug-likeness (QED) is 0.893. The zero-order chi connectivity index (χ0) is 14.7. The lowest BCUT2D eigenvalue weighted by Gasteiger charge is -2.33. The van der Waals surface area contributed by atoms with Crippen molar-refractivity contribution in [3.05, 3.63) is 35.9 Å². The van der Waals surface area contributed by atoms with Crippen LogP contribution in [0.15, 0.2) is 30.3 Å². The summed E-state index contributed by atoms with van der Waals surface area (Å²) in [6.07, 6.45) is 1.97. The molecule has 1 aromatic rings. The first-order chi connectivity index (χ1) is 9.50. The van der Waals surface area contributed by atoms with Gasteiger partial charge in [0.1, 0.15) is 6.04 Å². The van der Waals surface area contributed by atoms with Crippen molar-refractivity contribution in [3.8, 4) is 0 Å². The molecule has 3 unspecified atom stereocenters. The van der Waals surface area contributed by atoms with Gasteiger partial charge in [-0.3, -0.25) is 9.69 Å². The van der Waals surface area contributed by atoms with Gasteiger partial charge in [-0.25, -0.2) is 0 Å². The molecule has 0 radical (unpaired) electrons. The van der Waals surface area contributed by atoms with Crippen molar-refractivity contribution in [1.29, 1.82) is 0 Å². The Labute approximate surface area is 121 Å². The Morgan fingerprint density at radius 1 is 1.35 bits per heavy atom. The van der Waals surface area contributed by atoms with Crippen LogP contribution in [0.1, 0.15) is 45.2 Å². The monoisotopic (exact) mass is 275 g/mol. The van der Waals surface area contributed by atoms with Gasteiger partial charge < -0.3 is 5.11 Å². The Morgan fingerprint density at radius 3 is 2.55 bits per heavy atom. The van der Waals surface area contributed by atoms with Crippen molar-refractivity contribution in [2.45, 2.75) is 45.7 Å². The maximum Gasteiger partial charge on any atom is 0.321 e. The van der Waals surface area contributed by atoms with Crippen LogP contribution in [0.2, 0.25) is 0 Å². The van der Waals surface area contributed by atoms with Crippen LogP contribution in [0, 0.1) is 11.8 Å². The molecular weight excluding hydrogens is 250 g/mol. The Bertz CT molecular complexity index is 444. The second-order valence-electron chi connectivity index (χ2n) is 6.34. The molecule has 1 heterocycles. The van der Waals surface area contributed by atoms with Crippen LogP contribution in [-0.2, 0) is 4.79 Å². The molecule has 3 nitrogen and oxygen atoms in total. The number of aliphatic carboxylic acids is 1. The van der Waals surface area contributed by atoms with E-state index in [1.165, 1.54) is 5.56 Å². The molecule has 1 aliphatic heterocycles. The zero-order valence-corrected chi connectivity index (χ0v) is 12.6. The molecule has 3 atom stereocenters. The molecule has 0 spiro atoms. The van der Waals surface area contributed by atoms with Gasteiger partial charge >= 0.3 is 5.97 Å². The fraction of sp³-hybridized carbons (Fsp3) is 0.588. The van der Waals surface area contributed by atoms with E-state index >= 15 is 0 Å². The average molecular weight is 275 g/mol. The van der Waals surface area contributed by atoms with Crippen LogP contribution >= 0.6 is 0 Å². The Balaban J connectivity index is 2.29. The van der Waals surface area contributed by atoms with Gasteiger partial charge in [0.25, 0.3) is 0 Å². The fourth-order valence-electron chi connectivity index (χ4n) is 3.30. The van der Waals surface area contributed by atoms with Crippen LogP contribution in [0.5, 0.6) is 0 Å². The number of benzene rings is 1. The highest BCUT2D eigenvalue weighted by molar-refractivity contribution is 5.74. The van der Waals surface area contributed by atoms with Gasteiger partial charge in [0.05, 0.1) is 0 Å². The predicted molar refractivity (Wildman–Crippen MR) is 80.5 cm³/mol. The van der Waals surface area contributed by atoms with Crippen LogP contribution in [0.3, 0.4) is 0 Å². The smallest absolute Gasteiger partial charge is 0.321 e. The van der Waals surface area contributed by atoms with E-state index in [2.05, 4.69) is 37.8 Å². The largest absolute Gasteiger partial charge is 0.480 e. The molecule has 1 aromatic carbocycles. The SMILES string of the molecule is CC(C)CC(c1ccccc1)N1CCC(C)C1C(=O)O. The number of rotatable bonds is 5. The minimum absolute atomic E-state index is 0.210. The van der Waals surface area contributed by atoms with Crippen LogP contribution < -0.4 is 0 Å². The molecule has 0 amide bonds. The average Bonchev–Trinajstić information content (AvgIpc) is 2.78. The summed E-state index contributed by atoms with van der Waals surface area (Å²) in [5, 5.41) is 9.54. The molecule has 1 saturated heterocycles. The van der Waals surface area contributed by atoms with Gasteiger partial charge in [-0.05, 0) is 36.8 Å². The molecule has 1 N–H and O–H groups in total. The topological polar surface area (TPSA) is 40.5 Å². The van der Waals surface area contributed by atoms with Gasteiger partial charge in [0, 0.05) is 6.04 Å². The summed E-state index contributed by atoms with van der Waals surface area (Å²) in [6.45, 7) is 7.33. The summed E-state index contributed by atoms with van der Waals surface area (Å²) >= 11 is 0. The van der Waals surface area contributed by atoms with E-state index in [9.17, 15) is 9.90 Å². The molecule has 0 saturated carbocycles. The standard InChI is InChI=1S/C17H25NO2/c1-12(2)11-15(14-7-5-4-6-8-14)18-10-9-13(3)16(18)17(19)20/h4-8,12-13,15-16H,9-11H2,1-3H3,(H,19,20). The van der Waals surface area contributed by atoms with Crippen molar-refractivity contribution in [2.75, 3.05) is 6.54 Å². The van der Waals surface area contributed by atoms with Gasteiger partial charge in [0.15, 0.2) is 0 Å². The molecule has 1 fully saturated rings. The van der Waals surface area contributed by atoms with Gasteiger partial charge in [-0.1, -0.05) is 51.1 Å². The predicted octanol–water partition coefficient (Wildman–Crippen LogP) is 3.57. The molecule has 3 heteroatoms. The Morgan fingerprint density at radius 2 is 2.00 bits per heavy atom. The van der Waals surface area contributed by atoms with Crippen molar-refractivity contribution in [3.63, 3.8) is 0 Å². The van der Waals surface area contributed by atoms with E-state index in [1.807, 2.05) is 18.2 Å². The van der Waals surface area contributed by atoms with E-state index < -0.39 is 5.97 Å². The van der Waals surface area contributed by atoms with E-state index in [0.717, 1.165) is 19.4 Å². The van der Waals surface area contributed by atoms with Gasteiger partial charge in [-0.15, -0.1) is 0 Å². The van der Waals surface area contributed by atoms with Gasteiger partial charge in [-0.2, -0.15) is 0 Å². The van der Waals surface area contributed by atoms with E-state index in [1.54, 1.807) is 0 Å². The molecular formula is C17H25NO2. The van der Waals surface area contributed by atoms with E-state index in [4.69, 9.17) is 0 Å². The number of carboxylic acids is 1. The Kier molecular flexibility index (Phi) is 4.81. The molecule has 20 heavy (non-hydrogen) atoms. The second-order valence-corrected chi connectivity index (χ2v) is 6.34. The minimum Gasteiger partial charge on any atom is -0.480 e. The van der Waals surface area contributed by atoms with Crippen molar-refractivity contribution >= 4 is 5.97 Å². The summed E-state index contributed by atoms with van der Waals surface area (Å²) in [6, 6.07) is 10.2. The second kappa shape index (κ2) is 6.40. The van der Waals surface area contributed by atoms with Gasteiger partial charge in [0.2, 0.25) is 0 Å². The highest BCUT2D eigenvalue weighted by atomic mass is 16.4. The van der Waals surface area contributed by atoms with Crippen molar-refractivity contribution in [2.24, 2.45) is 11.8 Å². The maximum atomic E-state index is 11.6. The molecule has 0 aromatic heterocycles. The summed E-state index contributed by atoms with van der Waals surface area (Å²) in [5.41, 5.74) is 1.24. The van der Waals surface area contributed by atoms with Crippen molar-refractivity contribution in [1.82, 2.24) is 4.90 Å². The fourth-order valence-corrected chi connectivity index (χ4v) is 3.30. The summed E-state index contributed by atoms with van der Waals surface area (Å²) in [4.78, 5) is 13.8. The highest BCUT2D eigenvalue weighted by Crippen LogP contribution is 2.36. The lowest BCUT2D eigenvalue weighted by molar-refractivity contribution is -0.144. The number of nitrogens with zero attached hydrogens (tertiary/aromatic N) is 1. The van der Waals surface area contributed by atoms with Crippen LogP contribution in [-0.4, -0.2) is 28.6 Å².